The number of aromatic nitrogens is 1. The second-order valence-electron chi connectivity index (χ2n) is 3.94. The van der Waals surface area contributed by atoms with Crippen molar-refractivity contribution in [3.63, 3.8) is 0 Å². The smallest absolute Gasteiger partial charge is 0.0640 e. The molecule has 1 heterocycles. The molecule has 0 fully saturated rings. The minimum Gasteiger partial charge on any atom is -0.370 e. The summed E-state index contributed by atoms with van der Waals surface area (Å²) in [6, 6.07) is 6.17. The monoisotopic (exact) mass is 232 g/mol. The molecule has 0 saturated carbocycles. The van der Waals surface area contributed by atoms with Crippen molar-refractivity contribution in [2.24, 2.45) is 5.73 Å². The van der Waals surface area contributed by atoms with Crippen molar-refractivity contribution in [3.05, 3.63) is 24.0 Å². The Bertz CT molecular complexity index is 366. The van der Waals surface area contributed by atoms with Gasteiger partial charge in [-0.25, -0.2) is 0 Å². The highest BCUT2D eigenvalue weighted by Crippen LogP contribution is 2.17. The summed E-state index contributed by atoms with van der Waals surface area (Å²) in [5, 5.41) is 8.60. The molecular weight excluding hydrogens is 212 g/mol. The molecule has 1 atom stereocenters. The molecule has 2 N–H and O–H groups in total. The van der Waals surface area contributed by atoms with Crippen LogP contribution in [0.2, 0.25) is 0 Å². The van der Waals surface area contributed by atoms with Crippen molar-refractivity contribution < 1.29 is 0 Å². The lowest BCUT2D eigenvalue weighted by Gasteiger charge is -2.21. The fourth-order valence-electron chi connectivity index (χ4n) is 1.67. The first-order chi connectivity index (χ1) is 8.22. The Morgan fingerprint density at radius 1 is 1.47 bits per heavy atom. The SMILES string of the molecule is CC[C@H](N)c1ccc(N(CC)CCC#N)cn1. The van der Waals surface area contributed by atoms with Crippen molar-refractivity contribution in [1.82, 2.24) is 4.98 Å². The van der Waals surface area contributed by atoms with Crippen molar-refractivity contribution in [2.75, 3.05) is 18.0 Å². The van der Waals surface area contributed by atoms with Crippen molar-refractivity contribution in [3.8, 4) is 6.07 Å². The zero-order chi connectivity index (χ0) is 12.7. The summed E-state index contributed by atoms with van der Waals surface area (Å²) in [6.07, 6.45) is 3.26. The molecule has 0 aliphatic heterocycles. The summed E-state index contributed by atoms with van der Waals surface area (Å²) in [5.74, 6) is 0. The van der Waals surface area contributed by atoms with Gasteiger partial charge in [-0.15, -0.1) is 0 Å². The quantitative estimate of drug-likeness (QED) is 0.816. The van der Waals surface area contributed by atoms with E-state index in [4.69, 9.17) is 11.0 Å². The lowest BCUT2D eigenvalue weighted by atomic mass is 10.1. The molecule has 0 aliphatic rings. The van der Waals surface area contributed by atoms with E-state index in [0.717, 1.165) is 30.9 Å². The Morgan fingerprint density at radius 2 is 2.24 bits per heavy atom. The summed E-state index contributed by atoms with van der Waals surface area (Å²) in [5.41, 5.74) is 7.89. The van der Waals surface area contributed by atoms with E-state index >= 15 is 0 Å². The highest BCUT2D eigenvalue weighted by atomic mass is 15.1. The van der Waals surface area contributed by atoms with Crippen LogP contribution in [0.25, 0.3) is 0 Å². The standard InChI is InChI=1S/C13H20N4/c1-3-12(15)13-7-6-11(10-16-13)17(4-2)9-5-8-14/h6-7,10,12H,3-5,9,15H2,1-2H3/t12-/m0/s1. The van der Waals surface area contributed by atoms with Crippen molar-refractivity contribution in [2.45, 2.75) is 32.7 Å². The summed E-state index contributed by atoms with van der Waals surface area (Å²) < 4.78 is 0. The number of pyridine rings is 1. The number of rotatable bonds is 6. The molecule has 0 aromatic carbocycles. The molecule has 0 saturated heterocycles. The van der Waals surface area contributed by atoms with Gasteiger partial charge in [-0.1, -0.05) is 6.92 Å². The number of anilines is 1. The van der Waals surface area contributed by atoms with Crippen LogP contribution in [0.4, 0.5) is 5.69 Å². The maximum atomic E-state index is 8.60. The van der Waals surface area contributed by atoms with Gasteiger partial charge in [0.2, 0.25) is 0 Å². The Morgan fingerprint density at radius 3 is 2.71 bits per heavy atom. The Hall–Kier alpha value is -1.60. The first-order valence-electron chi connectivity index (χ1n) is 6.06. The van der Waals surface area contributed by atoms with E-state index in [9.17, 15) is 0 Å². The Balaban J connectivity index is 2.74. The average Bonchev–Trinajstić information content (AvgIpc) is 2.39. The largest absolute Gasteiger partial charge is 0.370 e. The maximum absolute atomic E-state index is 8.60. The number of nitrogens with two attached hydrogens (primary N) is 1. The highest BCUT2D eigenvalue weighted by molar-refractivity contribution is 5.44. The normalized spacial score (nSPS) is 11.9. The third-order valence-electron chi connectivity index (χ3n) is 2.83. The summed E-state index contributed by atoms with van der Waals surface area (Å²) >= 11 is 0. The van der Waals surface area contributed by atoms with Gasteiger partial charge in [0, 0.05) is 19.1 Å². The van der Waals surface area contributed by atoms with Gasteiger partial charge < -0.3 is 10.6 Å². The van der Waals surface area contributed by atoms with E-state index in [1.165, 1.54) is 0 Å². The van der Waals surface area contributed by atoms with E-state index in [-0.39, 0.29) is 6.04 Å². The number of hydrogen-bond acceptors (Lipinski definition) is 4. The molecule has 4 nitrogen and oxygen atoms in total. The molecule has 1 aromatic heterocycles. The maximum Gasteiger partial charge on any atom is 0.0640 e. The van der Waals surface area contributed by atoms with Crippen LogP contribution < -0.4 is 10.6 Å². The zero-order valence-electron chi connectivity index (χ0n) is 10.6. The fraction of sp³-hybridized carbons (Fsp3) is 0.538. The van der Waals surface area contributed by atoms with Crippen LogP contribution in [-0.4, -0.2) is 18.1 Å². The van der Waals surface area contributed by atoms with Crippen LogP contribution in [0.5, 0.6) is 0 Å². The van der Waals surface area contributed by atoms with Crippen LogP contribution in [0.1, 0.15) is 38.4 Å². The number of nitriles is 1. The molecule has 1 aromatic rings. The molecule has 0 aliphatic carbocycles. The van der Waals surface area contributed by atoms with Crippen LogP contribution in [0.3, 0.4) is 0 Å². The van der Waals surface area contributed by atoms with Crippen molar-refractivity contribution in [1.29, 1.82) is 5.26 Å². The van der Waals surface area contributed by atoms with Crippen LogP contribution >= 0.6 is 0 Å². The first kappa shape index (κ1) is 13.5. The van der Waals surface area contributed by atoms with E-state index in [1.54, 1.807) is 0 Å². The van der Waals surface area contributed by atoms with Crippen LogP contribution in [0, 0.1) is 11.3 Å². The predicted molar refractivity (Wildman–Crippen MR) is 69.6 cm³/mol. The predicted octanol–water partition coefficient (Wildman–Crippen LogP) is 2.23. The van der Waals surface area contributed by atoms with Gasteiger partial charge in [0.1, 0.15) is 0 Å². The molecule has 0 radical (unpaired) electrons. The molecule has 0 unspecified atom stereocenters. The second kappa shape index (κ2) is 6.87. The van der Waals surface area contributed by atoms with Gasteiger partial charge in [-0.05, 0) is 25.5 Å². The average molecular weight is 232 g/mol. The number of hydrogen-bond donors (Lipinski definition) is 1. The van der Waals surface area contributed by atoms with Gasteiger partial charge in [-0.2, -0.15) is 5.26 Å². The summed E-state index contributed by atoms with van der Waals surface area (Å²) in [6.45, 7) is 5.74. The topological polar surface area (TPSA) is 65.9 Å². The van der Waals surface area contributed by atoms with E-state index in [1.807, 2.05) is 25.3 Å². The molecule has 0 spiro atoms. The number of nitrogens with zero attached hydrogens (tertiary/aromatic N) is 3. The summed E-state index contributed by atoms with van der Waals surface area (Å²) in [4.78, 5) is 6.51. The molecular formula is C13H20N4. The van der Waals surface area contributed by atoms with Crippen LogP contribution in [-0.2, 0) is 0 Å². The van der Waals surface area contributed by atoms with Crippen molar-refractivity contribution >= 4 is 5.69 Å². The first-order valence-corrected chi connectivity index (χ1v) is 6.06. The lowest BCUT2D eigenvalue weighted by Crippen LogP contribution is -2.24. The summed E-state index contributed by atoms with van der Waals surface area (Å²) in [7, 11) is 0. The zero-order valence-corrected chi connectivity index (χ0v) is 10.6. The third-order valence-corrected chi connectivity index (χ3v) is 2.83. The molecule has 0 amide bonds. The fourth-order valence-corrected chi connectivity index (χ4v) is 1.67. The van der Waals surface area contributed by atoms with E-state index in [0.29, 0.717) is 6.42 Å². The molecule has 4 heteroatoms. The Kier molecular flexibility index (Phi) is 5.44. The molecule has 1 rings (SSSR count). The van der Waals surface area contributed by atoms with Gasteiger partial charge in [0.05, 0.1) is 30.1 Å². The van der Waals surface area contributed by atoms with Gasteiger partial charge in [0.25, 0.3) is 0 Å². The van der Waals surface area contributed by atoms with Gasteiger partial charge >= 0.3 is 0 Å². The lowest BCUT2D eigenvalue weighted by molar-refractivity contribution is 0.674. The minimum atomic E-state index is 0.0123. The Labute approximate surface area is 103 Å². The molecule has 17 heavy (non-hydrogen) atoms. The van der Waals surface area contributed by atoms with Gasteiger partial charge in [0.15, 0.2) is 0 Å². The van der Waals surface area contributed by atoms with Gasteiger partial charge in [-0.3, -0.25) is 4.98 Å². The second-order valence-corrected chi connectivity index (χ2v) is 3.94. The third kappa shape index (κ3) is 3.72. The van der Waals surface area contributed by atoms with E-state index < -0.39 is 0 Å². The highest BCUT2D eigenvalue weighted by Gasteiger charge is 2.07. The molecule has 0 bridgehead atoms. The minimum absolute atomic E-state index is 0.0123. The van der Waals surface area contributed by atoms with E-state index in [2.05, 4.69) is 22.9 Å². The van der Waals surface area contributed by atoms with Crippen LogP contribution in [0.15, 0.2) is 18.3 Å². The molecule has 92 valence electrons.